The van der Waals surface area contributed by atoms with Crippen LogP contribution in [0.1, 0.15) is 26.2 Å². The summed E-state index contributed by atoms with van der Waals surface area (Å²) >= 11 is 0. The molecule has 0 aromatic rings. The average molecular weight is 164 g/mol. The molecule has 0 saturated heterocycles. The van der Waals surface area contributed by atoms with Crippen LogP contribution in [0.4, 0.5) is 8.78 Å². The van der Waals surface area contributed by atoms with Gasteiger partial charge in [-0.1, -0.05) is 6.92 Å². The molecule has 1 atom stereocenters. The van der Waals surface area contributed by atoms with Crippen LogP contribution in [0.2, 0.25) is 0 Å². The van der Waals surface area contributed by atoms with Crippen molar-refractivity contribution in [3.05, 3.63) is 0 Å². The third-order valence-electron chi connectivity index (χ3n) is 2.24. The van der Waals surface area contributed by atoms with Crippen LogP contribution in [0.15, 0.2) is 0 Å². The summed E-state index contributed by atoms with van der Waals surface area (Å²) in [6, 6.07) is 0. The number of rotatable bonds is 5. The molecular weight excluding hydrogens is 150 g/mol. The van der Waals surface area contributed by atoms with Gasteiger partial charge in [-0.15, -0.1) is 0 Å². The van der Waals surface area contributed by atoms with E-state index >= 15 is 0 Å². The van der Waals surface area contributed by atoms with Gasteiger partial charge in [0.15, 0.2) is 0 Å². The fourth-order valence-corrected chi connectivity index (χ4v) is 1.24. The Morgan fingerprint density at radius 3 is 2.55 bits per heavy atom. The smallest absolute Gasteiger partial charge is 0.323 e. The molecule has 1 unspecified atom stereocenters. The molecule has 0 heterocycles. The topological polar surface area (TPSA) is 9.23 Å². The van der Waals surface area contributed by atoms with E-state index in [1.54, 1.807) is 0 Å². The Kier molecular flexibility index (Phi) is 3.24. The van der Waals surface area contributed by atoms with Crippen molar-refractivity contribution in [2.75, 3.05) is 6.61 Å². The lowest BCUT2D eigenvalue weighted by atomic mass is 10.0. The van der Waals surface area contributed by atoms with Gasteiger partial charge >= 0.3 is 6.61 Å². The Hall–Kier alpha value is -0.180. The zero-order chi connectivity index (χ0) is 8.27. The molecule has 1 saturated carbocycles. The standard InChI is InChI=1S/C8H14F2O/c1-6(7-2-3-7)4-5-11-8(9)10/h6-8H,2-5H2,1H3. The molecule has 0 aliphatic heterocycles. The van der Waals surface area contributed by atoms with Gasteiger partial charge in [0, 0.05) is 0 Å². The zero-order valence-corrected chi connectivity index (χ0v) is 6.72. The molecule has 0 N–H and O–H groups in total. The van der Waals surface area contributed by atoms with E-state index in [2.05, 4.69) is 11.7 Å². The SMILES string of the molecule is CC(CCOC(F)F)C1CC1. The Morgan fingerprint density at radius 2 is 2.09 bits per heavy atom. The Bertz CT molecular complexity index is 113. The first kappa shape index (κ1) is 8.91. The van der Waals surface area contributed by atoms with Gasteiger partial charge in [-0.25, -0.2) is 0 Å². The predicted molar refractivity (Wildman–Crippen MR) is 38.5 cm³/mol. The molecule has 66 valence electrons. The summed E-state index contributed by atoms with van der Waals surface area (Å²) in [5.74, 6) is 1.35. The fourth-order valence-electron chi connectivity index (χ4n) is 1.24. The van der Waals surface area contributed by atoms with Crippen molar-refractivity contribution in [1.82, 2.24) is 0 Å². The molecule has 0 bridgehead atoms. The minimum absolute atomic E-state index is 0.204. The van der Waals surface area contributed by atoms with E-state index in [-0.39, 0.29) is 6.61 Å². The molecule has 1 aliphatic rings. The van der Waals surface area contributed by atoms with E-state index in [1.165, 1.54) is 12.8 Å². The second-order valence-electron chi connectivity index (χ2n) is 3.23. The monoisotopic (exact) mass is 164 g/mol. The lowest BCUT2D eigenvalue weighted by Gasteiger charge is -2.08. The van der Waals surface area contributed by atoms with E-state index in [9.17, 15) is 8.78 Å². The highest BCUT2D eigenvalue weighted by Crippen LogP contribution is 2.38. The lowest BCUT2D eigenvalue weighted by molar-refractivity contribution is -0.131. The summed E-state index contributed by atoms with van der Waals surface area (Å²) < 4.78 is 27.1. The maximum atomic E-state index is 11.5. The summed E-state index contributed by atoms with van der Waals surface area (Å²) in [4.78, 5) is 0. The Labute approximate surface area is 65.7 Å². The molecule has 1 nitrogen and oxygen atoms in total. The average Bonchev–Trinajstić information content (AvgIpc) is 2.66. The molecule has 3 heteroatoms. The van der Waals surface area contributed by atoms with Crippen molar-refractivity contribution < 1.29 is 13.5 Å². The van der Waals surface area contributed by atoms with Crippen LogP contribution in [0, 0.1) is 11.8 Å². The molecule has 1 aliphatic carbocycles. The first-order valence-corrected chi connectivity index (χ1v) is 4.10. The third kappa shape index (κ3) is 3.65. The largest absolute Gasteiger partial charge is 0.345 e. The van der Waals surface area contributed by atoms with Crippen LogP contribution >= 0.6 is 0 Å². The number of alkyl halides is 2. The molecule has 0 aromatic carbocycles. The first-order valence-electron chi connectivity index (χ1n) is 4.10. The number of ether oxygens (including phenoxy) is 1. The minimum atomic E-state index is -2.60. The normalized spacial score (nSPS) is 20.7. The quantitative estimate of drug-likeness (QED) is 0.607. The predicted octanol–water partition coefficient (Wildman–Crippen LogP) is 2.66. The third-order valence-corrected chi connectivity index (χ3v) is 2.24. The molecule has 1 fully saturated rings. The van der Waals surface area contributed by atoms with Crippen molar-refractivity contribution in [3.8, 4) is 0 Å². The van der Waals surface area contributed by atoms with Gasteiger partial charge in [0.1, 0.15) is 0 Å². The summed E-state index contributed by atoms with van der Waals surface area (Å²) in [5.41, 5.74) is 0. The first-order chi connectivity index (χ1) is 5.20. The molecule has 11 heavy (non-hydrogen) atoms. The second-order valence-corrected chi connectivity index (χ2v) is 3.23. The van der Waals surface area contributed by atoms with Crippen molar-refractivity contribution in [1.29, 1.82) is 0 Å². The van der Waals surface area contributed by atoms with Crippen LogP contribution in [0.5, 0.6) is 0 Å². The molecule has 0 spiro atoms. The van der Waals surface area contributed by atoms with Gasteiger partial charge in [-0.05, 0) is 31.1 Å². The van der Waals surface area contributed by atoms with E-state index in [4.69, 9.17) is 0 Å². The summed E-state index contributed by atoms with van der Waals surface area (Å²) in [6.45, 7) is -0.289. The van der Waals surface area contributed by atoms with E-state index in [0.29, 0.717) is 5.92 Å². The van der Waals surface area contributed by atoms with Gasteiger partial charge < -0.3 is 4.74 Å². The second kappa shape index (κ2) is 4.00. The molecule has 0 aromatic heterocycles. The van der Waals surface area contributed by atoms with Crippen LogP contribution in [0.3, 0.4) is 0 Å². The highest BCUT2D eigenvalue weighted by atomic mass is 19.3. The molecule has 0 amide bonds. The van der Waals surface area contributed by atoms with Crippen molar-refractivity contribution in [2.45, 2.75) is 32.8 Å². The van der Waals surface area contributed by atoms with Gasteiger partial charge in [0.2, 0.25) is 0 Å². The Balaban J connectivity index is 1.93. The number of hydrogen-bond acceptors (Lipinski definition) is 1. The van der Waals surface area contributed by atoms with Gasteiger partial charge in [-0.2, -0.15) is 8.78 Å². The van der Waals surface area contributed by atoms with Crippen LogP contribution in [-0.4, -0.2) is 13.2 Å². The molecular formula is C8H14F2O. The van der Waals surface area contributed by atoms with Gasteiger partial charge in [0.25, 0.3) is 0 Å². The van der Waals surface area contributed by atoms with Crippen LogP contribution in [-0.2, 0) is 4.74 Å². The molecule has 0 radical (unpaired) electrons. The van der Waals surface area contributed by atoms with Crippen LogP contribution < -0.4 is 0 Å². The highest BCUT2D eigenvalue weighted by Gasteiger charge is 2.27. The maximum Gasteiger partial charge on any atom is 0.345 e. The Morgan fingerprint density at radius 1 is 1.45 bits per heavy atom. The maximum absolute atomic E-state index is 11.5. The summed E-state index contributed by atoms with van der Waals surface area (Å²) in [5, 5.41) is 0. The van der Waals surface area contributed by atoms with Gasteiger partial charge in [-0.3, -0.25) is 0 Å². The van der Waals surface area contributed by atoms with E-state index in [0.717, 1.165) is 12.3 Å². The van der Waals surface area contributed by atoms with E-state index in [1.807, 2.05) is 0 Å². The van der Waals surface area contributed by atoms with Crippen molar-refractivity contribution in [2.24, 2.45) is 11.8 Å². The van der Waals surface area contributed by atoms with Gasteiger partial charge in [0.05, 0.1) is 6.61 Å². The van der Waals surface area contributed by atoms with Crippen molar-refractivity contribution >= 4 is 0 Å². The van der Waals surface area contributed by atoms with E-state index < -0.39 is 6.61 Å². The minimum Gasteiger partial charge on any atom is -0.323 e. The zero-order valence-electron chi connectivity index (χ0n) is 6.72. The number of halogens is 2. The lowest BCUT2D eigenvalue weighted by Crippen LogP contribution is -2.06. The summed E-state index contributed by atoms with van der Waals surface area (Å²) in [7, 11) is 0. The highest BCUT2D eigenvalue weighted by molar-refractivity contribution is 4.78. The number of hydrogen-bond donors (Lipinski definition) is 0. The summed E-state index contributed by atoms with van der Waals surface area (Å²) in [6.07, 6.45) is 3.32. The fraction of sp³-hybridized carbons (Fsp3) is 1.00. The van der Waals surface area contributed by atoms with Crippen molar-refractivity contribution in [3.63, 3.8) is 0 Å². The molecule has 1 rings (SSSR count). The van der Waals surface area contributed by atoms with Crippen LogP contribution in [0.25, 0.3) is 0 Å².